The van der Waals surface area contributed by atoms with Crippen molar-refractivity contribution in [3.8, 4) is 11.5 Å². The predicted molar refractivity (Wildman–Crippen MR) is 80.3 cm³/mol. The van der Waals surface area contributed by atoms with Crippen molar-refractivity contribution in [1.29, 1.82) is 0 Å². The van der Waals surface area contributed by atoms with E-state index in [1.54, 1.807) is 14.2 Å². The molecule has 1 saturated carbocycles. The van der Waals surface area contributed by atoms with Crippen LogP contribution in [0.2, 0.25) is 0 Å². The summed E-state index contributed by atoms with van der Waals surface area (Å²) in [5.74, 6) is 2.26. The maximum atomic E-state index is 11.1. The second kappa shape index (κ2) is 6.49. The molecule has 0 aromatic heterocycles. The van der Waals surface area contributed by atoms with Gasteiger partial charge >= 0.3 is 0 Å². The number of benzene rings is 1. The van der Waals surface area contributed by atoms with Crippen LogP contribution in [0.15, 0.2) is 18.2 Å². The van der Waals surface area contributed by atoms with Gasteiger partial charge in [0.25, 0.3) is 0 Å². The second-order valence-electron chi connectivity index (χ2n) is 5.80. The van der Waals surface area contributed by atoms with Crippen LogP contribution in [-0.4, -0.2) is 19.3 Å². The van der Waals surface area contributed by atoms with E-state index in [2.05, 4.69) is 6.92 Å². The summed E-state index contributed by atoms with van der Waals surface area (Å²) in [5.41, 5.74) is 0.0835. The number of hydrogen-bond donors (Lipinski definition) is 1. The van der Waals surface area contributed by atoms with Gasteiger partial charge < -0.3 is 14.6 Å². The number of hydrogen-bond acceptors (Lipinski definition) is 3. The highest BCUT2D eigenvalue weighted by molar-refractivity contribution is 5.44. The Balaban J connectivity index is 2.32. The number of rotatable bonds is 4. The normalized spacial score (nSPS) is 26.9. The van der Waals surface area contributed by atoms with Crippen molar-refractivity contribution in [3.05, 3.63) is 23.8 Å². The van der Waals surface area contributed by atoms with Crippen LogP contribution in [-0.2, 0) is 5.60 Å². The van der Waals surface area contributed by atoms with E-state index in [9.17, 15) is 5.11 Å². The molecule has 3 heteroatoms. The van der Waals surface area contributed by atoms with E-state index in [0.29, 0.717) is 0 Å². The van der Waals surface area contributed by atoms with Gasteiger partial charge in [0.1, 0.15) is 11.5 Å². The van der Waals surface area contributed by atoms with Gasteiger partial charge in [-0.25, -0.2) is 0 Å². The highest BCUT2D eigenvalue weighted by Gasteiger charge is 2.35. The van der Waals surface area contributed by atoms with E-state index >= 15 is 0 Å². The zero-order valence-electron chi connectivity index (χ0n) is 12.8. The molecule has 0 amide bonds. The Kier molecular flexibility index (Phi) is 4.92. The van der Waals surface area contributed by atoms with Crippen molar-refractivity contribution < 1.29 is 14.6 Å². The Morgan fingerprint density at radius 1 is 1.20 bits per heavy atom. The predicted octanol–water partition coefficient (Wildman–Crippen LogP) is 3.88. The summed E-state index contributed by atoms with van der Waals surface area (Å²) in [6, 6.07) is 5.68. The Hall–Kier alpha value is -1.22. The molecule has 2 atom stereocenters. The quantitative estimate of drug-likeness (QED) is 0.849. The fourth-order valence-corrected chi connectivity index (χ4v) is 3.25. The van der Waals surface area contributed by atoms with Crippen molar-refractivity contribution in [2.75, 3.05) is 14.2 Å². The largest absolute Gasteiger partial charge is 0.497 e. The maximum absolute atomic E-state index is 11.1. The van der Waals surface area contributed by atoms with Gasteiger partial charge in [-0.15, -0.1) is 0 Å². The fourth-order valence-electron chi connectivity index (χ4n) is 3.25. The molecule has 0 heterocycles. The van der Waals surface area contributed by atoms with Crippen molar-refractivity contribution in [1.82, 2.24) is 0 Å². The van der Waals surface area contributed by atoms with Crippen LogP contribution in [0.1, 0.15) is 51.0 Å². The van der Waals surface area contributed by atoms with Crippen LogP contribution in [0.5, 0.6) is 11.5 Å². The molecule has 0 radical (unpaired) electrons. The van der Waals surface area contributed by atoms with Crippen molar-refractivity contribution in [2.24, 2.45) is 5.92 Å². The van der Waals surface area contributed by atoms with E-state index < -0.39 is 5.60 Å². The lowest BCUT2D eigenvalue weighted by atomic mass is 9.85. The van der Waals surface area contributed by atoms with Gasteiger partial charge in [0.2, 0.25) is 0 Å². The molecule has 1 aromatic carbocycles. The summed E-state index contributed by atoms with van der Waals surface area (Å²) in [7, 11) is 3.30. The first-order valence-corrected chi connectivity index (χ1v) is 7.58. The molecule has 0 aliphatic heterocycles. The lowest BCUT2D eigenvalue weighted by molar-refractivity contribution is 0.0172. The molecule has 2 rings (SSSR count). The molecule has 0 spiro atoms. The first kappa shape index (κ1) is 15.2. The summed E-state index contributed by atoms with van der Waals surface area (Å²) in [5, 5.41) is 11.1. The van der Waals surface area contributed by atoms with Crippen LogP contribution in [0, 0.1) is 5.92 Å². The maximum Gasteiger partial charge on any atom is 0.125 e. The molecule has 20 heavy (non-hydrogen) atoms. The number of ether oxygens (including phenoxy) is 2. The minimum absolute atomic E-state index is 0.737. The van der Waals surface area contributed by atoms with Gasteiger partial charge in [-0.05, 0) is 49.8 Å². The van der Waals surface area contributed by atoms with Crippen LogP contribution < -0.4 is 9.47 Å². The first-order valence-electron chi connectivity index (χ1n) is 7.58. The van der Waals surface area contributed by atoms with Gasteiger partial charge in [0.05, 0.1) is 19.8 Å². The summed E-state index contributed by atoms with van der Waals surface area (Å²) >= 11 is 0. The zero-order chi connectivity index (χ0) is 14.6. The average molecular weight is 278 g/mol. The van der Waals surface area contributed by atoms with E-state index in [-0.39, 0.29) is 0 Å². The third-order valence-corrected chi connectivity index (χ3v) is 4.65. The summed E-state index contributed by atoms with van der Waals surface area (Å²) in [6.45, 7) is 2.24. The van der Waals surface area contributed by atoms with Gasteiger partial charge in [0, 0.05) is 5.56 Å². The summed E-state index contributed by atoms with van der Waals surface area (Å²) in [4.78, 5) is 0. The number of aliphatic hydroxyl groups is 1. The Bertz CT molecular complexity index is 444. The second-order valence-corrected chi connectivity index (χ2v) is 5.80. The molecule has 1 fully saturated rings. The first-order chi connectivity index (χ1) is 9.62. The molecule has 2 unspecified atom stereocenters. The monoisotopic (exact) mass is 278 g/mol. The van der Waals surface area contributed by atoms with Crippen LogP contribution in [0.4, 0.5) is 0 Å². The molecular formula is C17H26O3. The minimum Gasteiger partial charge on any atom is -0.497 e. The summed E-state index contributed by atoms with van der Waals surface area (Å²) in [6.07, 6.45) is 6.15. The molecule has 1 aromatic rings. The summed E-state index contributed by atoms with van der Waals surface area (Å²) < 4.78 is 10.7. The van der Waals surface area contributed by atoms with E-state index in [0.717, 1.165) is 48.7 Å². The third-order valence-electron chi connectivity index (χ3n) is 4.65. The molecule has 1 N–H and O–H groups in total. The topological polar surface area (TPSA) is 38.7 Å². The molecular weight excluding hydrogens is 252 g/mol. The Morgan fingerprint density at radius 3 is 2.65 bits per heavy atom. The highest BCUT2D eigenvalue weighted by Crippen LogP contribution is 2.43. The highest BCUT2D eigenvalue weighted by atomic mass is 16.5. The van der Waals surface area contributed by atoms with Gasteiger partial charge in [-0.3, -0.25) is 0 Å². The molecule has 0 bridgehead atoms. The van der Waals surface area contributed by atoms with E-state index in [1.807, 2.05) is 18.2 Å². The SMILES string of the molecule is CCC1CCCC(O)(c2cc(OC)ccc2OC)CC1. The lowest BCUT2D eigenvalue weighted by Gasteiger charge is -2.29. The van der Waals surface area contributed by atoms with Crippen molar-refractivity contribution in [2.45, 2.75) is 51.0 Å². The van der Waals surface area contributed by atoms with Gasteiger partial charge in [0.15, 0.2) is 0 Å². The standard InChI is InChI=1S/C17H26O3/c1-4-13-6-5-10-17(18,11-9-13)15-12-14(19-2)7-8-16(15)20-3/h7-8,12-13,18H,4-6,9-11H2,1-3H3. The van der Waals surface area contributed by atoms with E-state index in [4.69, 9.17) is 9.47 Å². The van der Waals surface area contributed by atoms with Crippen LogP contribution in [0.25, 0.3) is 0 Å². The smallest absolute Gasteiger partial charge is 0.125 e. The third kappa shape index (κ3) is 3.09. The van der Waals surface area contributed by atoms with Crippen molar-refractivity contribution >= 4 is 0 Å². The van der Waals surface area contributed by atoms with Gasteiger partial charge in [-0.1, -0.05) is 19.8 Å². The zero-order valence-corrected chi connectivity index (χ0v) is 12.8. The molecule has 3 nitrogen and oxygen atoms in total. The van der Waals surface area contributed by atoms with E-state index in [1.165, 1.54) is 12.8 Å². The van der Waals surface area contributed by atoms with Gasteiger partial charge in [-0.2, -0.15) is 0 Å². The Labute approximate surface area is 121 Å². The van der Waals surface area contributed by atoms with Crippen LogP contribution in [0.3, 0.4) is 0 Å². The molecule has 1 aliphatic rings. The molecule has 112 valence electrons. The Morgan fingerprint density at radius 2 is 2.00 bits per heavy atom. The minimum atomic E-state index is -0.788. The molecule has 0 saturated heterocycles. The average Bonchev–Trinajstić information content (AvgIpc) is 2.69. The number of methoxy groups -OCH3 is 2. The van der Waals surface area contributed by atoms with Crippen molar-refractivity contribution in [3.63, 3.8) is 0 Å². The fraction of sp³-hybridized carbons (Fsp3) is 0.647. The lowest BCUT2D eigenvalue weighted by Crippen LogP contribution is -2.25. The van der Waals surface area contributed by atoms with Crippen LogP contribution >= 0.6 is 0 Å². The molecule has 1 aliphatic carbocycles.